The summed E-state index contributed by atoms with van der Waals surface area (Å²) in [4.78, 5) is 13.5. The normalized spacial score (nSPS) is 16.5. The third-order valence-electron chi connectivity index (χ3n) is 4.03. The summed E-state index contributed by atoms with van der Waals surface area (Å²) in [5.41, 5.74) is 0.633. The molecule has 1 aromatic carbocycles. The van der Waals surface area contributed by atoms with Gasteiger partial charge in [0, 0.05) is 19.1 Å². The summed E-state index contributed by atoms with van der Waals surface area (Å²) in [5.74, 6) is -1.11. The third-order valence-corrected chi connectivity index (χ3v) is 5.62. The standard InChI is InChI=1S/C16H24N2O4S/c1-3-6-12(2)17-23(21,22)13-7-8-15(14(11-13)16(19)20)18-9-4-5-10-18/h7-8,11-12,17H,3-6,9-10H2,1-2H3,(H,19,20). The van der Waals surface area contributed by atoms with Crippen LogP contribution in [-0.4, -0.2) is 38.6 Å². The molecule has 1 aliphatic rings. The molecule has 1 aromatic rings. The maximum absolute atomic E-state index is 12.4. The fourth-order valence-corrected chi connectivity index (χ4v) is 4.22. The maximum atomic E-state index is 12.4. The number of benzene rings is 1. The molecule has 1 aliphatic heterocycles. The highest BCUT2D eigenvalue weighted by Crippen LogP contribution is 2.27. The van der Waals surface area contributed by atoms with Crippen molar-refractivity contribution in [1.29, 1.82) is 0 Å². The molecule has 1 atom stereocenters. The van der Waals surface area contributed by atoms with Gasteiger partial charge in [0.2, 0.25) is 10.0 Å². The summed E-state index contributed by atoms with van der Waals surface area (Å²) in [7, 11) is -3.71. The van der Waals surface area contributed by atoms with Crippen LogP contribution in [-0.2, 0) is 10.0 Å². The number of hydrogen-bond donors (Lipinski definition) is 2. The van der Waals surface area contributed by atoms with Crippen molar-refractivity contribution in [2.45, 2.75) is 50.5 Å². The smallest absolute Gasteiger partial charge is 0.337 e. The van der Waals surface area contributed by atoms with E-state index in [1.54, 1.807) is 13.0 Å². The van der Waals surface area contributed by atoms with Gasteiger partial charge in [0.1, 0.15) is 0 Å². The Morgan fingerprint density at radius 3 is 2.57 bits per heavy atom. The van der Waals surface area contributed by atoms with Gasteiger partial charge < -0.3 is 10.0 Å². The van der Waals surface area contributed by atoms with Crippen molar-refractivity contribution in [2.24, 2.45) is 0 Å². The SMILES string of the molecule is CCCC(C)NS(=O)(=O)c1ccc(N2CCCC2)c(C(=O)O)c1. The van der Waals surface area contributed by atoms with Crippen LogP contribution in [0.2, 0.25) is 0 Å². The molecule has 1 unspecified atom stereocenters. The molecule has 0 bridgehead atoms. The van der Waals surface area contributed by atoms with Gasteiger partial charge in [0.25, 0.3) is 0 Å². The van der Waals surface area contributed by atoms with Crippen LogP contribution in [0.1, 0.15) is 49.9 Å². The van der Waals surface area contributed by atoms with E-state index in [4.69, 9.17) is 0 Å². The average Bonchev–Trinajstić information content (AvgIpc) is 3.00. The number of rotatable bonds is 7. The molecule has 2 N–H and O–H groups in total. The molecule has 1 saturated heterocycles. The maximum Gasteiger partial charge on any atom is 0.337 e. The van der Waals surface area contributed by atoms with Gasteiger partial charge in [0.15, 0.2) is 0 Å². The summed E-state index contributed by atoms with van der Waals surface area (Å²) < 4.78 is 27.4. The lowest BCUT2D eigenvalue weighted by Crippen LogP contribution is -2.32. The first-order chi connectivity index (χ1) is 10.8. The molecule has 7 heteroatoms. The second-order valence-corrected chi connectivity index (χ2v) is 7.70. The topological polar surface area (TPSA) is 86.7 Å². The molecule has 0 aliphatic carbocycles. The summed E-state index contributed by atoms with van der Waals surface area (Å²) in [6.07, 6.45) is 3.65. The first-order valence-electron chi connectivity index (χ1n) is 7.99. The number of carbonyl (C=O) groups is 1. The minimum Gasteiger partial charge on any atom is -0.478 e. The lowest BCUT2D eigenvalue weighted by atomic mass is 10.1. The summed E-state index contributed by atoms with van der Waals surface area (Å²) in [6, 6.07) is 4.17. The van der Waals surface area contributed by atoms with Crippen molar-refractivity contribution in [2.75, 3.05) is 18.0 Å². The number of anilines is 1. The van der Waals surface area contributed by atoms with Gasteiger partial charge >= 0.3 is 5.97 Å². The van der Waals surface area contributed by atoms with Crippen LogP contribution in [0, 0.1) is 0 Å². The van der Waals surface area contributed by atoms with Crippen molar-refractivity contribution in [1.82, 2.24) is 4.72 Å². The van der Waals surface area contributed by atoms with E-state index in [2.05, 4.69) is 4.72 Å². The number of hydrogen-bond acceptors (Lipinski definition) is 4. The van der Waals surface area contributed by atoms with Crippen LogP contribution in [0.15, 0.2) is 23.1 Å². The lowest BCUT2D eigenvalue weighted by molar-refractivity contribution is 0.0697. The highest BCUT2D eigenvalue weighted by atomic mass is 32.2. The number of nitrogens with one attached hydrogen (secondary N) is 1. The fourth-order valence-electron chi connectivity index (χ4n) is 2.91. The van der Waals surface area contributed by atoms with E-state index in [0.717, 1.165) is 38.8 Å². The molecule has 128 valence electrons. The Labute approximate surface area is 137 Å². The molecule has 1 heterocycles. The minimum absolute atomic E-state index is 0.000741. The van der Waals surface area contributed by atoms with Gasteiger partial charge in [-0.25, -0.2) is 17.9 Å². The van der Waals surface area contributed by atoms with E-state index >= 15 is 0 Å². The predicted octanol–water partition coefficient (Wildman–Crippen LogP) is 2.45. The number of sulfonamides is 1. The first kappa shape index (κ1) is 17.7. The van der Waals surface area contributed by atoms with Crippen LogP contribution in [0.25, 0.3) is 0 Å². The van der Waals surface area contributed by atoms with Crippen LogP contribution in [0.5, 0.6) is 0 Å². The quantitative estimate of drug-likeness (QED) is 0.796. The summed E-state index contributed by atoms with van der Waals surface area (Å²) >= 11 is 0. The molecule has 1 fully saturated rings. The van der Waals surface area contributed by atoms with E-state index < -0.39 is 16.0 Å². The van der Waals surface area contributed by atoms with Gasteiger partial charge in [-0.2, -0.15) is 0 Å². The number of carboxylic acid groups (broad SMARTS) is 1. The third kappa shape index (κ3) is 4.23. The van der Waals surface area contributed by atoms with E-state index in [-0.39, 0.29) is 16.5 Å². The number of carboxylic acids is 1. The zero-order valence-electron chi connectivity index (χ0n) is 13.6. The Kier molecular flexibility index (Phi) is 5.64. The van der Waals surface area contributed by atoms with Crippen molar-refractivity contribution >= 4 is 21.7 Å². The highest BCUT2D eigenvalue weighted by molar-refractivity contribution is 7.89. The fraction of sp³-hybridized carbons (Fsp3) is 0.562. The van der Waals surface area contributed by atoms with Crippen molar-refractivity contribution in [3.8, 4) is 0 Å². The Balaban J connectivity index is 2.33. The monoisotopic (exact) mass is 340 g/mol. The Morgan fingerprint density at radius 1 is 1.35 bits per heavy atom. The molecule has 0 spiro atoms. The molecular formula is C16H24N2O4S. The summed E-state index contributed by atoms with van der Waals surface area (Å²) in [5, 5.41) is 9.44. The van der Waals surface area contributed by atoms with Crippen LogP contribution < -0.4 is 9.62 Å². The highest BCUT2D eigenvalue weighted by Gasteiger charge is 2.23. The molecule has 0 radical (unpaired) electrons. The lowest BCUT2D eigenvalue weighted by Gasteiger charge is -2.21. The van der Waals surface area contributed by atoms with Gasteiger partial charge in [-0.1, -0.05) is 13.3 Å². The van der Waals surface area contributed by atoms with Crippen molar-refractivity contribution < 1.29 is 18.3 Å². The molecule has 6 nitrogen and oxygen atoms in total. The van der Waals surface area contributed by atoms with Gasteiger partial charge in [-0.05, 0) is 44.4 Å². The van der Waals surface area contributed by atoms with Crippen LogP contribution >= 0.6 is 0 Å². The largest absolute Gasteiger partial charge is 0.478 e. The Bertz CT molecular complexity index is 667. The zero-order chi connectivity index (χ0) is 17.0. The van der Waals surface area contributed by atoms with E-state index in [1.165, 1.54) is 12.1 Å². The molecule has 2 rings (SSSR count). The van der Waals surface area contributed by atoms with Crippen LogP contribution in [0.4, 0.5) is 5.69 Å². The van der Waals surface area contributed by atoms with E-state index in [1.807, 2.05) is 11.8 Å². The van der Waals surface area contributed by atoms with Gasteiger partial charge in [-0.3, -0.25) is 0 Å². The van der Waals surface area contributed by atoms with E-state index in [9.17, 15) is 18.3 Å². The Morgan fingerprint density at radius 2 is 2.00 bits per heavy atom. The molecule has 0 saturated carbocycles. The molecule has 0 aromatic heterocycles. The number of nitrogens with zero attached hydrogens (tertiary/aromatic N) is 1. The van der Waals surface area contributed by atoms with E-state index in [0.29, 0.717) is 5.69 Å². The second-order valence-electron chi connectivity index (χ2n) is 5.99. The molecule has 23 heavy (non-hydrogen) atoms. The predicted molar refractivity (Wildman–Crippen MR) is 89.5 cm³/mol. The van der Waals surface area contributed by atoms with Gasteiger partial charge in [-0.15, -0.1) is 0 Å². The minimum atomic E-state index is -3.71. The van der Waals surface area contributed by atoms with Crippen LogP contribution in [0.3, 0.4) is 0 Å². The van der Waals surface area contributed by atoms with Gasteiger partial charge in [0.05, 0.1) is 16.1 Å². The second kappa shape index (κ2) is 7.31. The first-order valence-corrected chi connectivity index (χ1v) is 9.48. The Hall–Kier alpha value is -1.60. The zero-order valence-corrected chi connectivity index (χ0v) is 14.4. The van der Waals surface area contributed by atoms with Crippen molar-refractivity contribution in [3.05, 3.63) is 23.8 Å². The summed E-state index contributed by atoms with van der Waals surface area (Å²) in [6.45, 7) is 5.40. The molecule has 0 amide bonds. The molecular weight excluding hydrogens is 316 g/mol. The average molecular weight is 340 g/mol. The van der Waals surface area contributed by atoms with Crippen molar-refractivity contribution in [3.63, 3.8) is 0 Å². The number of aromatic carboxylic acids is 1.